The first-order valence-corrected chi connectivity index (χ1v) is 3.76. The van der Waals surface area contributed by atoms with Gasteiger partial charge in [0.1, 0.15) is 0 Å². The second kappa shape index (κ2) is 5.91. The zero-order valence-corrected chi connectivity index (χ0v) is 7.19. The van der Waals surface area contributed by atoms with Gasteiger partial charge in [0.05, 0.1) is 6.61 Å². The minimum Gasteiger partial charge on any atom is -0.472 e. The van der Waals surface area contributed by atoms with Crippen LogP contribution >= 0.6 is 0 Å². The molecule has 0 saturated carbocycles. The van der Waals surface area contributed by atoms with Gasteiger partial charge in [-0.25, -0.2) is 9.59 Å². The van der Waals surface area contributed by atoms with Crippen molar-refractivity contribution in [2.45, 2.75) is 19.8 Å². The summed E-state index contributed by atoms with van der Waals surface area (Å²) in [6.07, 6.45) is 1.47. The predicted molar refractivity (Wildman–Crippen MR) is 42.1 cm³/mol. The minimum absolute atomic E-state index is 0.127. The molecule has 0 unspecified atom stereocenters. The van der Waals surface area contributed by atoms with Crippen molar-refractivity contribution in [2.75, 3.05) is 6.61 Å². The molecule has 0 amide bonds. The van der Waals surface area contributed by atoms with Crippen LogP contribution in [-0.2, 0) is 14.3 Å². The zero-order valence-electron chi connectivity index (χ0n) is 7.19. The zero-order chi connectivity index (χ0) is 10.3. The van der Waals surface area contributed by atoms with E-state index in [0.29, 0.717) is 6.42 Å². The average Bonchev–Trinajstić information content (AvgIpc) is 2.05. The van der Waals surface area contributed by atoms with Gasteiger partial charge in [-0.3, -0.25) is 0 Å². The molecule has 72 valence electrons. The maximum Gasteiger partial charge on any atom is 0.482 e. The quantitative estimate of drug-likeness (QED) is 0.164. The molecular formula is C7H10N2O4. The molecule has 0 aromatic heterocycles. The molecule has 6 nitrogen and oxygen atoms in total. The number of carboxylic acids is 1. The van der Waals surface area contributed by atoms with Crippen LogP contribution < -0.4 is 0 Å². The SMILES string of the molecule is CCCCOC(=O)C(=[N+]=[N-])C(=O)O. The van der Waals surface area contributed by atoms with Gasteiger partial charge < -0.3 is 15.4 Å². The van der Waals surface area contributed by atoms with E-state index < -0.39 is 17.7 Å². The monoisotopic (exact) mass is 186 g/mol. The summed E-state index contributed by atoms with van der Waals surface area (Å²) in [4.78, 5) is 23.3. The first-order chi connectivity index (χ1) is 6.13. The molecule has 0 bridgehead atoms. The third-order valence-corrected chi connectivity index (χ3v) is 1.23. The molecule has 0 aliphatic carbocycles. The Morgan fingerprint density at radius 2 is 2.15 bits per heavy atom. The van der Waals surface area contributed by atoms with E-state index in [1.165, 1.54) is 0 Å². The fourth-order valence-corrected chi connectivity index (χ4v) is 0.548. The van der Waals surface area contributed by atoms with Gasteiger partial charge >= 0.3 is 17.7 Å². The van der Waals surface area contributed by atoms with Crippen LogP contribution in [0.2, 0.25) is 0 Å². The number of ether oxygens (including phenoxy) is 1. The molecule has 6 heteroatoms. The van der Waals surface area contributed by atoms with Crippen LogP contribution in [0.25, 0.3) is 5.53 Å². The molecule has 0 heterocycles. The van der Waals surface area contributed by atoms with Crippen molar-refractivity contribution in [1.82, 2.24) is 0 Å². The minimum atomic E-state index is -1.61. The molecule has 0 aliphatic heterocycles. The second-order valence-electron chi connectivity index (χ2n) is 2.24. The average molecular weight is 186 g/mol. The van der Waals surface area contributed by atoms with Gasteiger partial charge in [-0.2, -0.15) is 4.79 Å². The molecule has 0 saturated heterocycles. The molecule has 0 aromatic rings. The number of aliphatic carboxylic acids is 1. The van der Waals surface area contributed by atoms with Crippen molar-refractivity contribution >= 4 is 17.7 Å². The Labute approximate surface area is 74.7 Å². The van der Waals surface area contributed by atoms with Gasteiger partial charge in [0.25, 0.3) is 0 Å². The summed E-state index contributed by atoms with van der Waals surface area (Å²) in [5.74, 6) is -2.73. The Morgan fingerprint density at radius 1 is 1.54 bits per heavy atom. The number of hydrogen-bond donors (Lipinski definition) is 1. The molecule has 13 heavy (non-hydrogen) atoms. The van der Waals surface area contributed by atoms with E-state index in [1.807, 2.05) is 6.92 Å². The summed E-state index contributed by atoms with van der Waals surface area (Å²) < 4.78 is 4.49. The number of rotatable bonds is 5. The van der Waals surface area contributed by atoms with Crippen LogP contribution in [0.3, 0.4) is 0 Å². The second-order valence-corrected chi connectivity index (χ2v) is 2.24. The number of unbranched alkanes of at least 4 members (excludes halogenated alkanes) is 1. The van der Waals surface area contributed by atoms with Crippen LogP contribution in [0.15, 0.2) is 0 Å². The molecule has 0 spiro atoms. The number of carbonyl (C=O) groups is 2. The van der Waals surface area contributed by atoms with E-state index in [-0.39, 0.29) is 6.61 Å². The van der Waals surface area contributed by atoms with Gasteiger partial charge in [-0.1, -0.05) is 13.3 Å². The molecule has 0 radical (unpaired) electrons. The lowest BCUT2D eigenvalue weighted by molar-refractivity contribution is -0.146. The van der Waals surface area contributed by atoms with Crippen molar-refractivity contribution < 1.29 is 24.2 Å². The van der Waals surface area contributed by atoms with Crippen LogP contribution in [0.5, 0.6) is 0 Å². The molecule has 0 fully saturated rings. The summed E-state index contributed by atoms with van der Waals surface area (Å²) in [7, 11) is 0. The van der Waals surface area contributed by atoms with Crippen LogP contribution in [0.1, 0.15) is 19.8 Å². The maximum atomic E-state index is 10.8. The van der Waals surface area contributed by atoms with Gasteiger partial charge in [0.2, 0.25) is 0 Å². The summed E-state index contributed by atoms with van der Waals surface area (Å²) >= 11 is 0. The number of nitrogens with zero attached hydrogens (tertiary/aromatic N) is 2. The number of hydrogen-bond acceptors (Lipinski definition) is 3. The standard InChI is InChI=1S/C7H10N2O4/c1-2-3-4-13-7(12)5(9-8)6(10)11/h2-4H2,1H3,(H,10,11). The summed E-state index contributed by atoms with van der Waals surface area (Å²) in [5, 5.41) is 8.31. The molecule has 0 atom stereocenters. The van der Waals surface area contributed by atoms with Crippen molar-refractivity contribution in [2.24, 2.45) is 0 Å². The van der Waals surface area contributed by atoms with Crippen LogP contribution in [0, 0.1) is 0 Å². The van der Waals surface area contributed by atoms with E-state index >= 15 is 0 Å². The highest BCUT2D eigenvalue weighted by Crippen LogP contribution is 1.89. The van der Waals surface area contributed by atoms with Crippen molar-refractivity contribution in [3.63, 3.8) is 0 Å². The Bertz CT molecular complexity index is 255. The Hall–Kier alpha value is -1.68. The third kappa shape index (κ3) is 4.03. The fraction of sp³-hybridized carbons (Fsp3) is 0.571. The highest BCUT2D eigenvalue weighted by Gasteiger charge is 2.30. The van der Waals surface area contributed by atoms with E-state index in [2.05, 4.69) is 9.53 Å². The molecule has 0 aromatic carbocycles. The van der Waals surface area contributed by atoms with Gasteiger partial charge in [-0.15, -0.1) is 0 Å². The molecule has 0 rings (SSSR count). The number of carbonyl (C=O) groups excluding carboxylic acids is 1. The highest BCUT2D eigenvalue weighted by atomic mass is 16.5. The Kier molecular flexibility index (Phi) is 5.14. The van der Waals surface area contributed by atoms with Crippen molar-refractivity contribution in [3.8, 4) is 0 Å². The smallest absolute Gasteiger partial charge is 0.472 e. The van der Waals surface area contributed by atoms with Gasteiger partial charge in [-0.05, 0) is 6.42 Å². The Morgan fingerprint density at radius 3 is 2.54 bits per heavy atom. The topological polar surface area (TPSA) is 100 Å². The summed E-state index contributed by atoms with van der Waals surface area (Å²) in [6.45, 7) is 2.02. The lowest BCUT2D eigenvalue weighted by atomic mass is 10.3. The van der Waals surface area contributed by atoms with E-state index in [9.17, 15) is 9.59 Å². The Balaban J connectivity index is 4.10. The van der Waals surface area contributed by atoms with E-state index in [1.54, 1.807) is 0 Å². The summed E-state index contributed by atoms with van der Waals surface area (Å²) in [6, 6.07) is 0. The highest BCUT2D eigenvalue weighted by molar-refractivity contribution is 6.60. The predicted octanol–water partition coefficient (Wildman–Crippen LogP) is 0.0851. The van der Waals surface area contributed by atoms with E-state index in [4.69, 9.17) is 10.6 Å². The number of carboxylic acid groups (broad SMARTS) is 1. The lowest BCUT2D eigenvalue weighted by Gasteiger charge is -1.97. The number of esters is 1. The van der Waals surface area contributed by atoms with Gasteiger partial charge in [0, 0.05) is 0 Å². The van der Waals surface area contributed by atoms with E-state index in [0.717, 1.165) is 6.42 Å². The largest absolute Gasteiger partial charge is 0.482 e. The molecule has 1 N–H and O–H groups in total. The van der Waals surface area contributed by atoms with Crippen LogP contribution in [0.4, 0.5) is 0 Å². The van der Waals surface area contributed by atoms with Crippen molar-refractivity contribution in [3.05, 3.63) is 5.53 Å². The third-order valence-electron chi connectivity index (χ3n) is 1.23. The first-order valence-electron chi connectivity index (χ1n) is 3.76. The fourth-order valence-electron chi connectivity index (χ4n) is 0.548. The maximum absolute atomic E-state index is 10.8. The first kappa shape index (κ1) is 11.3. The van der Waals surface area contributed by atoms with Gasteiger partial charge in [0.15, 0.2) is 0 Å². The lowest BCUT2D eigenvalue weighted by Crippen LogP contribution is -2.27. The normalized spacial score (nSPS) is 8.69. The molecule has 0 aliphatic rings. The molecular weight excluding hydrogens is 176 g/mol. The summed E-state index contributed by atoms with van der Waals surface area (Å²) in [5.41, 5.74) is 7.13. The van der Waals surface area contributed by atoms with Crippen LogP contribution in [-0.4, -0.2) is 34.2 Å². The van der Waals surface area contributed by atoms with Crippen molar-refractivity contribution in [1.29, 1.82) is 0 Å².